The van der Waals surface area contributed by atoms with Crippen LogP contribution >= 0.6 is 0 Å². The van der Waals surface area contributed by atoms with Gasteiger partial charge in [-0.05, 0) is 47.2 Å². The zero-order chi connectivity index (χ0) is 17.5. The summed E-state index contributed by atoms with van der Waals surface area (Å²) in [6.45, 7) is 4.48. The molecule has 1 aliphatic carbocycles. The third kappa shape index (κ3) is 2.96. The number of rotatable bonds is 2. The van der Waals surface area contributed by atoms with Crippen LogP contribution < -0.4 is 0 Å². The molecule has 0 bridgehead atoms. The molecule has 0 N–H and O–H groups in total. The fraction of sp³-hybridized carbons (Fsp3) is 0.455. The molecule has 3 nitrogen and oxygen atoms in total. The molecule has 0 saturated carbocycles. The lowest BCUT2D eigenvalue weighted by atomic mass is 9.87. The van der Waals surface area contributed by atoms with E-state index in [4.69, 9.17) is 9.47 Å². The number of hydrogen-bond acceptors (Lipinski definition) is 3. The minimum atomic E-state index is -0.173. The first-order valence-electron chi connectivity index (χ1n) is 9.59. The first kappa shape index (κ1) is 16.4. The monoisotopic (exact) mass is 353 g/mol. The maximum absolute atomic E-state index is 14.0. The van der Waals surface area contributed by atoms with E-state index >= 15 is 0 Å². The zero-order valence-corrected chi connectivity index (χ0v) is 14.9. The van der Waals surface area contributed by atoms with Crippen molar-refractivity contribution in [1.82, 2.24) is 4.90 Å². The summed E-state index contributed by atoms with van der Waals surface area (Å²) in [5.74, 6) is 0.133. The van der Waals surface area contributed by atoms with Crippen LogP contribution in [0, 0.1) is 5.82 Å². The minimum Gasteiger partial charge on any atom is -0.379 e. The molecule has 0 aromatic heterocycles. The molecule has 136 valence electrons. The highest BCUT2D eigenvalue weighted by Gasteiger charge is 2.41. The topological polar surface area (TPSA) is 21.7 Å². The molecule has 2 saturated heterocycles. The van der Waals surface area contributed by atoms with Crippen molar-refractivity contribution < 1.29 is 13.9 Å². The van der Waals surface area contributed by atoms with Crippen LogP contribution in [-0.4, -0.2) is 43.9 Å². The van der Waals surface area contributed by atoms with Crippen LogP contribution in [0.3, 0.4) is 0 Å². The van der Waals surface area contributed by atoms with Gasteiger partial charge < -0.3 is 9.47 Å². The first-order chi connectivity index (χ1) is 12.8. The van der Waals surface area contributed by atoms with E-state index in [2.05, 4.69) is 29.2 Å². The molecule has 0 radical (unpaired) electrons. The van der Waals surface area contributed by atoms with Gasteiger partial charge in [0.25, 0.3) is 0 Å². The summed E-state index contributed by atoms with van der Waals surface area (Å²) >= 11 is 0. The van der Waals surface area contributed by atoms with Crippen LogP contribution in [0.4, 0.5) is 4.39 Å². The second-order valence-corrected chi connectivity index (χ2v) is 7.65. The smallest absolute Gasteiger partial charge is 0.123 e. The number of morpholine rings is 1. The second-order valence-electron chi connectivity index (χ2n) is 7.65. The first-order valence-corrected chi connectivity index (χ1v) is 9.59. The molecular weight excluding hydrogens is 329 g/mol. The SMILES string of the molecule is Fc1ccc2c(c1)[C@@H]1O[C@H](CN3CCOCC3)C[C@H]1c1ccccc1C2. The molecule has 26 heavy (non-hydrogen) atoms. The highest BCUT2D eigenvalue weighted by molar-refractivity contribution is 5.45. The van der Waals surface area contributed by atoms with Crippen molar-refractivity contribution in [3.63, 3.8) is 0 Å². The van der Waals surface area contributed by atoms with Gasteiger partial charge in [-0.25, -0.2) is 4.39 Å². The fourth-order valence-electron chi connectivity index (χ4n) is 4.79. The Kier molecular flexibility index (Phi) is 4.27. The summed E-state index contributed by atoms with van der Waals surface area (Å²) in [7, 11) is 0. The van der Waals surface area contributed by atoms with Crippen LogP contribution in [0.1, 0.15) is 40.7 Å². The predicted octanol–water partition coefficient (Wildman–Crippen LogP) is 3.68. The Hall–Kier alpha value is -1.75. The lowest BCUT2D eigenvalue weighted by Crippen LogP contribution is -2.40. The molecule has 2 heterocycles. The summed E-state index contributed by atoms with van der Waals surface area (Å²) in [5.41, 5.74) is 4.95. The molecule has 3 aliphatic rings. The van der Waals surface area contributed by atoms with Gasteiger partial charge in [-0.15, -0.1) is 0 Å². The maximum atomic E-state index is 14.0. The summed E-state index contributed by atoms with van der Waals surface area (Å²) in [4.78, 5) is 2.43. The number of fused-ring (bicyclic) bond motifs is 5. The van der Waals surface area contributed by atoms with Gasteiger partial charge in [0.15, 0.2) is 0 Å². The largest absolute Gasteiger partial charge is 0.379 e. The highest BCUT2D eigenvalue weighted by atomic mass is 19.1. The van der Waals surface area contributed by atoms with Gasteiger partial charge in [0.05, 0.1) is 25.4 Å². The molecule has 4 heteroatoms. The van der Waals surface area contributed by atoms with E-state index in [1.165, 1.54) is 16.7 Å². The van der Waals surface area contributed by atoms with Crippen molar-refractivity contribution in [2.24, 2.45) is 0 Å². The number of hydrogen-bond donors (Lipinski definition) is 0. The van der Waals surface area contributed by atoms with E-state index in [1.54, 1.807) is 12.1 Å². The molecule has 2 aromatic carbocycles. The van der Waals surface area contributed by atoms with E-state index in [0.29, 0.717) is 5.92 Å². The van der Waals surface area contributed by atoms with E-state index < -0.39 is 0 Å². The Labute approximate surface area is 153 Å². The van der Waals surface area contributed by atoms with E-state index in [1.807, 2.05) is 6.07 Å². The van der Waals surface area contributed by atoms with Crippen molar-refractivity contribution >= 4 is 0 Å². The molecule has 2 aromatic rings. The zero-order valence-electron chi connectivity index (χ0n) is 14.9. The highest BCUT2D eigenvalue weighted by Crippen LogP contribution is 2.49. The Bertz CT molecular complexity index is 802. The minimum absolute atomic E-state index is 0.0459. The van der Waals surface area contributed by atoms with Gasteiger partial charge in [0, 0.05) is 25.6 Å². The van der Waals surface area contributed by atoms with Crippen molar-refractivity contribution in [2.45, 2.75) is 31.0 Å². The molecule has 2 aliphatic heterocycles. The Morgan fingerprint density at radius 1 is 1.00 bits per heavy atom. The average Bonchev–Trinajstić information content (AvgIpc) is 3.03. The van der Waals surface area contributed by atoms with Crippen molar-refractivity contribution in [3.05, 3.63) is 70.5 Å². The van der Waals surface area contributed by atoms with E-state index in [0.717, 1.165) is 51.3 Å². The molecule has 5 rings (SSSR count). The van der Waals surface area contributed by atoms with Crippen molar-refractivity contribution in [1.29, 1.82) is 0 Å². The molecule has 2 fully saturated rings. The van der Waals surface area contributed by atoms with E-state index in [9.17, 15) is 4.39 Å². The van der Waals surface area contributed by atoms with E-state index in [-0.39, 0.29) is 18.0 Å². The Morgan fingerprint density at radius 3 is 2.69 bits per heavy atom. The Balaban J connectivity index is 1.48. The number of ether oxygens (including phenoxy) is 2. The molecule has 0 spiro atoms. The van der Waals surface area contributed by atoms with Crippen LogP contribution in [0.2, 0.25) is 0 Å². The summed E-state index contributed by atoms with van der Waals surface area (Å²) in [5, 5.41) is 0. The predicted molar refractivity (Wildman–Crippen MR) is 97.9 cm³/mol. The third-order valence-electron chi connectivity index (χ3n) is 6.04. The number of benzene rings is 2. The molecule has 0 unspecified atom stereocenters. The van der Waals surface area contributed by atoms with Crippen LogP contribution in [0.15, 0.2) is 42.5 Å². The van der Waals surface area contributed by atoms with Gasteiger partial charge in [0.2, 0.25) is 0 Å². The fourth-order valence-corrected chi connectivity index (χ4v) is 4.79. The van der Waals surface area contributed by atoms with Crippen LogP contribution in [0.25, 0.3) is 0 Å². The summed E-state index contributed by atoms with van der Waals surface area (Å²) in [6, 6.07) is 13.8. The number of halogens is 1. The molecular formula is C22H24FNO2. The standard InChI is InChI=1S/C22H24FNO2/c23-17-6-5-16-11-15-3-1-2-4-19(15)21-13-18(26-22(21)20(16)12-17)14-24-7-9-25-10-8-24/h1-6,12,18,21-22H,7-11,13-14H2/t18-,21-,22-/m0/s1. The van der Waals surface area contributed by atoms with Crippen LogP contribution in [0.5, 0.6) is 0 Å². The van der Waals surface area contributed by atoms with Gasteiger partial charge in [-0.1, -0.05) is 30.3 Å². The van der Waals surface area contributed by atoms with Gasteiger partial charge in [-0.2, -0.15) is 0 Å². The second kappa shape index (κ2) is 6.76. The summed E-state index contributed by atoms with van der Waals surface area (Å²) in [6.07, 6.45) is 1.99. The third-order valence-corrected chi connectivity index (χ3v) is 6.04. The van der Waals surface area contributed by atoms with Crippen molar-refractivity contribution in [3.8, 4) is 0 Å². The summed E-state index contributed by atoms with van der Waals surface area (Å²) < 4.78 is 26.0. The molecule has 0 amide bonds. The lowest BCUT2D eigenvalue weighted by Gasteiger charge is -2.29. The maximum Gasteiger partial charge on any atom is 0.123 e. The average molecular weight is 353 g/mol. The van der Waals surface area contributed by atoms with Gasteiger partial charge in [-0.3, -0.25) is 4.90 Å². The van der Waals surface area contributed by atoms with Crippen molar-refractivity contribution in [2.75, 3.05) is 32.8 Å². The lowest BCUT2D eigenvalue weighted by molar-refractivity contribution is -0.0130. The van der Waals surface area contributed by atoms with Gasteiger partial charge in [0.1, 0.15) is 5.82 Å². The van der Waals surface area contributed by atoms with Crippen LogP contribution in [-0.2, 0) is 15.9 Å². The Morgan fingerprint density at radius 2 is 1.81 bits per heavy atom. The van der Waals surface area contributed by atoms with Gasteiger partial charge >= 0.3 is 0 Å². The normalized spacial score (nSPS) is 28.1. The quantitative estimate of drug-likeness (QED) is 0.822. The number of nitrogens with zero attached hydrogens (tertiary/aromatic N) is 1. The molecule has 3 atom stereocenters.